The van der Waals surface area contributed by atoms with E-state index in [2.05, 4.69) is 10.1 Å². The zero-order valence-corrected chi connectivity index (χ0v) is 9.66. The fourth-order valence-electron chi connectivity index (χ4n) is 0.807. The van der Waals surface area contributed by atoms with Crippen LogP contribution in [0, 0.1) is 0 Å². The van der Waals surface area contributed by atoms with Gasteiger partial charge in [0.2, 0.25) is 5.91 Å². The van der Waals surface area contributed by atoms with E-state index in [1.165, 1.54) is 12.0 Å². The zero-order valence-electron chi connectivity index (χ0n) is 9.66. The molecular formula is C10H18N2O3. The van der Waals surface area contributed by atoms with Crippen LogP contribution >= 0.6 is 0 Å². The Morgan fingerprint density at radius 3 is 2.47 bits per heavy atom. The summed E-state index contributed by atoms with van der Waals surface area (Å²) in [5, 5.41) is 2.90. The molecule has 0 aliphatic rings. The molecule has 0 aromatic heterocycles. The van der Waals surface area contributed by atoms with Gasteiger partial charge in [0, 0.05) is 26.2 Å². The predicted octanol–water partition coefficient (Wildman–Crippen LogP) is -0.216. The standard InChI is InChI=1S/C10H18N2O3/c1-8(10(14)15-4)5-6-11-7-9(13)12(2)3/h5,11H,6-7H2,1-4H3. The number of hydrogen-bond acceptors (Lipinski definition) is 4. The third-order valence-electron chi connectivity index (χ3n) is 1.83. The number of nitrogens with one attached hydrogen (secondary N) is 1. The van der Waals surface area contributed by atoms with E-state index < -0.39 is 0 Å². The van der Waals surface area contributed by atoms with Crippen LogP contribution in [-0.4, -0.2) is 51.1 Å². The highest BCUT2D eigenvalue weighted by Gasteiger charge is 2.03. The minimum absolute atomic E-state index is 0.000814. The molecule has 0 saturated heterocycles. The van der Waals surface area contributed by atoms with Gasteiger partial charge in [0.15, 0.2) is 0 Å². The van der Waals surface area contributed by atoms with E-state index >= 15 is 0 Å². The van der Waals surface area contributed by atoms with Gasteiger partial charge >= 0.3 is 5.97 Å². The zero-order chi connectivity index (χ0) is 11.8. The summed E-state index contributed by atoms with van der Waals surface area (Å²) >= 11 is 0. The van der Waals surface area contributed by atoms with Gasteiger partial charge in [-0.05, 0) is 6.92 Å². The van der Waals surface area contributed by atoms with Crippen LogP contribution in [0.15, 0.2) is 11.6 Å². The van der Waals surface area contributed by atoms with Crippen LogP contribution < -0.4 is 5.32 Å². The Morgan fingerprint density at radius 1 is 1.40 bits per heavy atom. The topological polar surface area (TPSA) is 58.6 Å². The number of carbonyl (C=O) groups is 2. The van der Waals surface area contributed by atoms with Gasteiger partial charge in [-0.3, -0.25) is 4.79 Å². The van der Waals surface area contributed by atoms with Crippen molar-refractivity contribution >= 4 is 11.9 Å². The molecule has 0 bridgehead atoms. The number of likely N-dealkylation sites (N-methyl/N-ethyl adjacent to an activating group) is 1. The van der Waals surface area contributed by atoms with Crippen molar-refractivity contribution in [2.24, 2.45) is 0 Å². The van der Waals surface area contributed by atoms with E-state index in [4.69, 9.17) is 0 Å². The molecule has 0 atom stereocenters. The Hall–Kier alpha value is -1.36. The molecular weight excluding hydrogens is 196 g/mol. The quantitative estimate of drug-likeness (QED) is 0.390. The normalized spacial score (nSPS) is 11.1. The summed E-state index contributed by atoms with van der Waals surface area (Å²) in [6.45, 7) is 2.40. The van der Waals surface area contributed by atoms with Crippen LogP contribution in [0.3, 0.4) is 0 Å². The molecule has 0 heterocycles. The molecule has 5 heteroatoms. The maximum Gasteiger partial charge on any atom is 0.333 e. The molecule has 0 aliphatic carbocycles. The summed E-state index contributed by atoms with van der Waals surface area (Å²) in [7, 11) is 4.72. The molecule has 1 amide bonds. The highest BCUT2D eigenvalue weighted by atomic mass is 16.5. The molecule has 0 aromatic rings. The molecule has 86 valence electrons. The van der Waals surface area contributed by atoms with Crippen LogP contribution in [0.25, 0.3) is 0 Å². The first-order valence-corrected chi connectivity index (χ1v) is 4.65. The Balaban J connectivity index is 3.79. The fourth-order valence-corrected chi connectivity index (χ4v) is 0.807. The lowest BCUT2D eigenvalue weighted by atomic mass is 10.3. The Labute approximate surface area is 90.1 Å². The number of methoxy groups -OCH3 is 1. The lowest BCUT2D eigenvalue weighted by Crippen LogP contribution is -2.33. The van der Waals surface area contributed by atoms with Crippen molar-refractivity contribution in [1.29, 1.82) is 0 Å². The predicted molar refractivity (Wildman–Crippen MR) is 57.3 cm³/mol. The van der Waals surface area contributed by atoms with Crippen LogP contribution in [0.1, 0.15) is 6.92 Å². The van der Waals surface area contributed by atoms with Gasteiger partial charge in [0.1, 0.15) is 0 Å². The first-order chi connectivity index (χ1) is 6.99. The number of hydrogen-bond donors (Lipinski definition) is 1. The van der Waals surface area contributed by atoms with Crippen LogP contribution in [-0.2, 0) is 14.3 Å². The third-order valence-corrected chi connectivity index (χ3v) is 1.83. The van der Waals surface area contributed by atoms with E-state index in [9.17, 15) is 9.59 Å². The summed E-state index contributed by atoms with van der Waals surface area (Å²) in [4.78, 5) is 23.6. The number of amides is 1. The lowest BCUT2D eigenvalue weighted by molar-refractivity contribution is -0.136. The lowest BCUT2D eigenvalue weighted by Gasteiger charge is -2.09. The van der Waals surface area contributed by atoms with Gasteiger partial charge in [-0.1, -0.05) is 6.08 Å². The number of carbonyl (C=O) groups excluding carboxylic acids is 2. The van der Waals surface area contributed by atoms with Crippen LogP contribution in [0.5, 0.6) is 0 Å². The maximum atomic E-state index is 11.1. The third kappa shape index (κ3) is 5.85. The Bertz CT molecular complexity index is 259. The number of rotatable bonds is 5. The molecule has 5 nitrogen and oxygen atoms in total. The Morgan fingerprint density at radius 2 is 2.00 bits per heavy atom. The second kappa shape index (κ2) is 7.00. The van der Waals surface area contributed by atoms with E-state index in [1.807, 2.05) is 0 Å². The van der Waals surface area contributed by atoms with Crippen molar-refractivity contribution in [3.8, 4) is 0 Å². The largest absolute Gasteiger partial charge is 0.466 e. The van der Waals surface area contributed by atoms with Gasteiger partial charge in [-0.2, -0.15) is 0 Å². The minimum Gasteiger partial charge on any atom is -0.466 e. The van der Waals surface area contributed by atoms with E-state index in [0.29, 0.717) is 12.1 Å². The van der Waals surface area contributed by atoms with Gasteiger partial charge in [-0.25, -0.2) is 4.79 Å². The van der Waals surface area contributed by atoms with Crippen LogP contribution in [0.4, 0.5) is 0 Å². The summed E-state index contributed by atoms with van der Waals surface area (Å²) in [6.07, 6.45) is 1.69. The molecule has 1 N–H and O–H groups in total. The maximum absolute atomic E-state index is 11.1. The summed E-state index contributed by atoms with van der Waals surface area (Å²) in [6, 6.07) is 0. The molecule has 0 unspecified atom stereocenters. The van der Waals surface area contributed by atoms with Crippen molar-refractivity contribution in [1.82, 2.24) is 10.2 Å². The second-order valence-corrected chi connectivity index (χ2v) is 3.30. The van der Waals surface area contributed by atoms with Crippen molar-refractivity contribution in [2.45, 2.75) is 6.92 Å². The van der Waals surface area contributed by atoms with E-state index in [1.54, 1.807) is 27.1 Å². The highest BCUT2D eigenvalue weighted by molar-refractivity contribution is 5.87. The fraction of sp³-hybridized carbons (Fsp3) is 0.600. The number of esters is 1. The molecule has 0 saturated carbocycles. The Kier molecular flexibility index (Phi) is 6.37. The molecule has 0 fully saturated rings. The molecule has 0 aliphatic heterocycles. The molecule has 0 rings (SSSR count). The first kappa shape index (κ1) is 13.6. The van der Waals surface area contributed by atoms with E-state index in [-0.39, 0.29) is 18.4 Å². The smallest absolute Gasteiger partial charge is 0.333 e. The van der Waals surface area contributed by atoms with Gasteiger partial charge < -0.3 is 15.0 Å². The first-order valence-electron chi connectivity index (χ1n) is 4.65. The monoisotopic (exact) mass is 214 g/mol. The molecule has 0 radical (unpaired) electrons. The average Bonchev–Trinajstić information content (AvgIpc) is 2.22. The van der Waals surface area contributed by atoms with Crippen molar-refractivity contribution in [3.05, 3.63) is 11.6 Å². The minimum atomic E-state index is -0.351. The summed E-state index contributed by atoms with van der Waals surface area (Å²) < 4.78 is 4.52. The van der Waals surface area contributed by atoms with Crippen LogP contribution in [0.2, 0.25) is 0 Å². The number of ether oxygens (including phenoxy) is 1. The van der Waals surface area contributed by atoms with Gasteiger partial charge in [0.05, 0.1) is 13.7 Å². The van der Waals surface area contributed by atoms with Gasteiger partial charge in [0.25, 0.3) is 0 Å². The van der Waals surface area contributed by atoms with Crippen molar-refractivity contribution in [3.63, 3.8) is 0 Å². The van der Waals surface area contributed by atoms with Crippen molar-refractivity contribution in [2.75, 3.05) is 34.3 Å². The van der Waals surface area contributed by atoms with Crippen molar-refractivity contribution < 1.29 is 14.3 Å². The SMILES string of the molecule is COC(=O)C(C)=CCNCC(=O)N(C)C. The molecule has 15 heavy (non-hydrogen) atoms. The number of nitrogens with zero attached hydrogens (tertiary/aromatic N) is 1. The van der Waals surface area contributed by atoms with E-state index in [0.717, 1.165) is 0 Å². The molecule has 0 aromatic carbocycles. The highest BCUT2D eigenvalue weighted by Crippen LogP contribution is 1.93. The van der Waals surface area contributed by atoms with Gasteiger partial charge in [-0.15, -0.1) is 0 Å². The summed E-state index contributed by atoms with van der Waals surface area (Å²) in [5.74, 6) is -0.352. The average molecular weight is 214 g/mol. The molecule has 0 spiro atoms. The second-order valence-electron chi connectivity index (χ2n) is 3.30. The summed E-state index contributed by atoms with van der Waals surface area (Å²) in [5.41, 5.74) is 0.530.